The summed E-state index contributed by atoms with van der Waals surface area (Å²) in [6, 6.07) is 12.9. The first-order valence-corrected chi connectivity index (χ1v) is 15.4. The Bertz CT molecular complexity index is 1550. The molecule has 3 rings (SSSR count). The van der Waals surface area contributed by atoms with Crippen LogP contribution in [0.5, 0.6) is 11.5 Å². The lowest BCUT2D eigenvalue weighted by Crippen LogP contribution is -2.33. The highest BCUT2D eigenvalue weighted by atomic mass is 16.6. The molecule has 3 aromatic rings. The van der Waals surface area contributed by atoms with Gasteiger partial charge in [-0.25, -0.2) is 9.59 Å². The Labute approximate surface area is 270 Å². The second kappa shape index (κ2) is 16.1. The van der Waals surface area contributed by atoms with Crippen molar-refractivity contribution in [3.05, 3.63) is 64.0 Å². The average molecular weight is 638 g/mol. The monoisotopic (exact) mass is 637 g/mol. The van der Waals surface area contributed by atoms with E-state index >= 15 is 0 Å². The molecule has 250 valence electrons. The Morgan fingerprint density at radius 2 is 1.37 bits per heavy atom. The molecule has 0 aliphatic rings. The fourth-order valence-corrected chi connectivity index (χ4v) is 4.08. The van der Waals surface area contributed by atoms with Crippen molar-refractivity contribution in [3.8, 4) is 11.5 Å². The van der Waals surface area contributed by atoms with Crippen molar-refractivity contribution in [3.63, 3.8) is 0 Å². The number of hydrogen-bond acceptors (Lipinski definition) is 9. The number of ether oxygens (including phenoxy) is 4. The number of rotatable bonds is 13. The largest absolute Gasteiger partial charge is 0.493 e. The molecule has 1 heterocycles. The van der Waals surface area contributed by atoms with Crippen LogP contribution in [0.1, 0.15) is 65.7 Å². The normalized spacial score (nSPS) is 11.7. The summed E-state index contributed by atoms with van der Waals surface area (Å²) >= 11 is 0. The van der Waals surface area contributed by atoms with E-state index in [0.717, 1.165) is 11.3 Å². The third-order valence-electron chi connectivity index (χ3n) is 6.18. The third-order valence-corrected chi connectivity index (χ3v) is 6.18. The van der Waals surface area contributed by atoms with E-state index < -0.39 is 23.4 Å². The van der Waals surface area contributed by atoms with E-state index in [0.29, 0.717) is 49.3 Å². The van der Waals surface area contributed by atoms with Gasteiger partial charge in [0.25, 0.3) is 0 Å². The van der Waals surface area contributed by atoms with E-state index in [9.17, 15) is 14.4 Å². The first-order chi connectivity index (χ1) is 21.6. The van der Waals surface area contributed by atoms with Crippen LogP contribution in [-0.2, 0) is 9.47 Å². The van der Waals surface area contributed by atoms with Crippen LogP contribution in [0.15, 0.2) is 51.7 Å². The van der Waals surface area contributed by atoms with E-state index in [-0.39, 0.29) is 23.5 Å². The van der Waals surface area contributed by atoms with Crippen molar-refractivity contribution in [2.75, 3.05) is 45.3 Å². The molecule has 2 amide bonds. The lowest BCUT2D eigenvalue weighted by molar-refractivity contribution is 0.0513. The topological polar surface area (TPSA) is 129 Å². The van der Waals surface area contributed by atoms with Crippen LogP contribution < -0.4 is 30.4 Å². The van der Waals surface area contributed by atoms with Gasteiger partial charge in [0.2, 0.25) is 11.2 Å². The molecule has 0 spiro atoms. The van der Waals surface area contributed by atoms with Gasteiger partial charge in [0.15, 0.2) is 5.76 Å². The van der Waals surface area contributed by atoms with E-state index in [1.807, 2.05) is 49.3 Å². The standard InChI is InChI=1S/C35H47N3O8/c1-34(2,3)45-32(40)36-19-9-21-42-26-16-17-27-29(23-26)44-28(18-13-24-11-14-25(15-12-24)38(7)8)31(30(27)39)43-22-10-20-37-33(41)46-35(4,5)6/h11-18,23H,9-10,19-22H2,1-8H3,(H,36,40)(H,37,41)/b18-13+. The molecule has 0 saturated heterocycles. The fraction of sp³-hybridized carbons (Fsp3) is 0.457. The summed E-state index contributed by atoms with van der Waals surface area (Å²) in [6.45, 7) is 12.0. The summed E-state index contributed by atoms with van der Waals surface area (Å²) in [7, 11) is 3.94. The molecule has 0 saturated carbocycles. The lowest BCUT2D eigenvalue weighted by atomic mass is 10.1. The minimum absolute atomic E-state index is 0.0767. The van der Waals surface area contributed by atoms with Gasteiger partial charge in [0.05, 0.1) is 18.6 Å². The zero-order valence-electron chi connectivity index (χ0n) is 28.2. The molecule has 46 heavy (non-hydrogen) atoms. The van der Waals surface area contributed by atoms with Gasteiger partial charge >= 0.3 is 12.2 Å². The van der Waals surface area contributed by atoms with Crippen LogP contribution >= 0.6 is 0 Å². The minimum atomic E-state index is -0.595. The number of anilines is 1. The van der Waals surface area contributed by atoms with Gasteiger partial charge in [0.1, 0.15) is 22.5 Å². The zero-order valence-corrected chi connectivity index (χ0v) is 28.2. The van der Waals surface area contributed by atoms with Gasteiger partial charge in [-0.05, 0) is 90.3 Å². The number of carbonyl (C=O) groups excluding carboxylic acids is 2. The number of hydrogen-bond donors (Lipinski definition) is 2. The fourth-order valence-electron chi connectivity index (χ4n) is 4.08. The Hall–Kier alpha value is -4.67. The Morgan fingerprint density at radius 1 is 0.804 bits per heavy atom. The molecule has 0 aliphatic heterocycles. The van der Waals surface area contributed by atoms with E-state index in [4.69, 9.17) is 23.4 Å². The predicted molar refractivity (Wildman–Crippen MR) is 181 cm³/mol. The van der Waals surface area contributed by atoms with Crippen molar-refractivity contribution in [1.29, 1.82) is 0 Å². The van der Waals surface area contributed by atoms with Crippen LogP contribution in [0.3, 0.4) is 0 Å². The average Bonchev–Trinajstić information content (AvgIpc) is 2.95. The van der Waals surface area contributed by atoms with Crippen molar-refractivity contribution < 1.29 is 33.0 Å². The van der Waals surface area contributed by atoms with Crippen molar-refractivity contribution in [1.82, 2.24) is 10.6 Å². The van der Waals surface area contributed by atoms with Crippen molar-refractivity contribution in [2.24, 2.45) is 0 Å². The molecule has 1 aromatic heterocycles. The molecule has 0 fully saturated rings. The smallest absolute Gasteiger partial charge is 0.407 e. The molecule has 11 heteroatoms. The summed E-state index contributed by atoms with van der Waals surface area (Å²) < 4.78 is 28.5. The number of benzene rings is 2. The predicted octanol–water partition coefficient (Wildman–Crippen LogP) is 6.62. The molecular formula is C35H47N3O8. The number of nitrogens with one attached hydrogen (secondary N) is 2. The first-order valence-electron chi connectivity index (χ1n) is 15.4. The van der Waals surface area contributed by atoms with Crippen LogP contribution in [0.2, 0.25) is 0 Å². The SMILES string of the molecule is CN(C)c1ccc(/C=C/c2oc3cc(OCCCNC(=O)OC(C)(C)C)ccc3c(=O)c2OCCCNC(=O)OC(C)(C)C)cc1. The highest BCUT2D eigenvalue weighted by molar-refractivity contribution is 5.82. The maximum atomic E-state index is 13.6. The number of alkyl carbamates (subject to hydrolysis) is 2. The summed E-state index contributed by atoms with van der Waals surface area (Å²) in [5.41, 5.74) is 0.838. The highest BCUT2D eigenvalue weighted by Crippen LogP contribution is 2.27. The summed E-state index contributed by atoms with van der Waals surface area (Å²) in [4.78, 5) is 39.4. The molecule has 0 unspecified atom stereocenters. The molecular weight excluding hydrogens is 590 g/mol. The molecule has 0 atom stereocenters. The van der Waals surface area contributed by atoms with Crippen molar-refractivity contribution >= 4 is 41.0 Å². The molecule has 2 N–H and O–H groups in total. The lowest BCUT2D eigenvalue weighted by Gasteiger charge is -2.19. The quantitative estimate of drug-likeness (QED) is 0.199. The summed E-state index contributed by atoms with van der Waals surface area (Å²) in [5.74, 6) is 0.852. The Balaban J connectivity index is 1.74. The second-order valence-electron chi connectivity index (χ2n) is 12.9. The number of carbonyl (C=O) groups is 2. The second-order valence-corrected chi connectivity index (χ2v) is 12.9. The number of nitrogens with zero attached hydrogens (tertiary/aromatic N) is 1. The highest BCUT2D eigenvalue weighted by Gasteiger charge is 2.18. The van der Waals surface area contributed by atoms with Gasteiger partial charge in [-0.15, -0.1) is 0 Å². The minimum Gasteiger partial charge on any atom is -0.493 e. The molecule has 0 aliphatic carbocycles. The van der Waals surface area contributed by atoms with Gasteiger partial charge < -0.3 is 38.9 Å². The Morgan fingerprint density at radius 3 is 1.91 bits per heavy atom. The molecule has 11 nitrogen and oxygen atoms in total. The number of fused-ring (bicyclic) bond motifs is 1. The van der Waals surface area contributed by atoms with Gasteiger partial charge in [-0.3, -0.25) is 4.79 Å². The summed E-state index contributed by atoms with van der Waals surface area (Å²) in [5, 5.41) is 5.73. The van der Waals surface area contributed by atoms with Crippen molar-refractivity contribution in [2.45, 2.75) is 65.6 Å². The summed E-state index contributed by atoms with van der Waals surface area (Å²) in [6.07, 6.45) is 3.55. The van der Waals surface area contributed by atoms with Crippen LogP contribution in [0, 0.1) is 0 Å². The number of amides is 2. The Kier molecular flexibility index (Phi) is 12.5. The molecule has 0 bridgehead atoms. The van der Waals surface area contributed by atoms with Crippen LogP contribution in [-0.4, -0.2) is 63.8 Å². The van der Waals surface area contributed by atoms with E-state index in [2.05, 4.69) is 10.6 Å². The maximum Gasteiger partial charge on any atom is 0.407 e. The maximum absolute atomic E-state index is 13.6. The van der Waals surface area contributed by atoms with Crippen LogP contribution in [0.25, 0.3) is 23.1 Å². The van der Waals surface area contributed by atoms with Gasteiger partial charge in [-0.1, -0.05) is 18.2 Å². The van der Waals surface area contributed by atoms with E-state index in [1.54, 1.807) is 65.8 Å². The molecule has 2 aromatic carbocycles. The molecule has 0 radical (unpaired) electrons. The first kappa shape index (κ1) is 35.8. The third kappa shape index (κ3) is 12.0. The van der Waals surface area contributed by atoms with E-state index in [1.165, 1.54) is 0 Å². The van der Waals surface area contributed by atoms with Gasteiger partial charge in [0, 0.05) is 38.9 Å². The van der Waals surface area contributed by atoms with Gasteiger partial charge in [-0.2, -0.15) is 0 Å². The zero-order chi connectivity index (χ0) is 33.9. The van der Waals surface area contributed by atoms with Crippen LogP contribution in [0.4, 0.5) is 15.3 Å².